The van der Waals surface area contributed by atoms with Crippen molar-refractivity contribution in [3.05, 3.63) is 0 Å². The largest absolute Gasteiger partial charge is 0.342 e. The minimum absolute atomic E-state index is 0.399. The van der Waals surface area contributed by atoms with Crippen molar-refractivity contribution in [2.24, 2.45) is 11.8 Å². The van der Waals surface area contributed by atoms with Crippen LogP contribution in [0.1, 0.15) is 32.1 Å². The number of carbonyl (C=O) groups is 1. The summed E-state index contributed by atoms with van der Waals surface area (Å²) < 4.78 is 0. The minimum Gasteiger partial charge on any atom is -0.342 e. The van der Waals surface area contributed by atoms with E-state index in [1.165, 1.54) is 19.3 Å². The molecule has 1 aliphatic heterocycles. The lowest BCUT2D eigenvalue weighted by Crippen LogP contribution is -2.33. The number of amides is 1. The average Bonchev–Trinajstić information content (AvgIpc) is 3.03. The normalized spacial score (nSPS) is 28.6. The molecule has 2 fully saturated rings. The van der Waals surface area contributed by atoms with Crippen molar-refractivity contribution in [1.29, 1.82) is 0 Å². The highest BCUT2D eigenvalue weighted by atomic mass is 79.9. The Hall–Kier alpha value is -0.0500. The van der Waals surface area contributed by atoms with Crippen molar-refractivity contribution in [1.82, 2.24) is 4.90 Å². The number of carbonyl (C=O) groups excluding carboxylic acids is 1. The standard InChI is InChI=1S/C11H18BrNO/c12-8-9-2-1-6-13(7-5-9)11(14)10-3-4-10/h9-10H,1-8H2. The van der Waals surface area contributed by atoms with Crippen molar-refractivity contribution in [3.8, 4) is 0 Å². The predicted molar refractivity (Wildman–Crippen MR) is 60.4 cm³/mol. The molecule has 0 aromatic rings. The van der Waals surface area contributed by atoms with Crippen LogP contribution >= 0.6 is 15.9 Å². The first-order valence-electron chi connectivity index (χ1n) is 5.66. The van der Waals surface area contributed by atoms with Gasteiger partial charge >= 0.3 is 0 Å². The summed E-state index contributed by atoms with van der Waals surface area (Å²) in [5.74, 6) is 1.61. The van der Waals surface area contributed by atoms with Gasteiger partial charge in [0.1, 0.15) is 0 Å². The summed E-state index contributed by atoms with van der Waals surface area (Å²) >= 11 is 3.54. The molecule has 2 rings (SSSR count). The molecule has 80 valence electrons. The van der Waals surface area contributed by atoms with E-state index in [1.54, 1.807) is 0 Å². The smallest absolute Gasteiger partial charge is 0.225 e. The molecule has 14 heavy (non-hydrogen) atoms. The molecule has 2 aliphatic rings. The second kappa shape index (κ2) is 4.65. The third-order valence-electron chi connectivity index (χ3n) is 3.30. The Bertz CT molecular complexity index is 215. The van der Waals surface area contributed by atoms with Crippen LogP contribution in [0.4, 0.5) is 0 Å². The molecule has 1 atom stereocenters. The van der Waals surface area contributed by atoms with Crippen molar-refractivity contribution >= 4 is 21.8 Å². The Morgan fingerprint density at radius 1 is 1.21 bits per heavy atom. The van der Waals surface area contributed by atoms with Crippen molar-refractivity contribution < 1.29 is 4.79 Å². The summed E-state index contributed by atoms with van der Waals surface area (Å²) in [5, 5.41) is 1.10. The van der Waals surface area contributed by atoms with Gasteiger partial charge in [-0.15, -0.1) is 0 Å². The maximum Gasteiger partial charge on any atom is 0.225 e. The first-order valence-corrected chi connectivity index (χ1v) is 6.78. The van der Waals surface area contributed by atoms with Crippen molar-refractivity contribution in [2.75, 3.05) is 18.4 Å². The van der Waals surface area contributed by atoms with Crippen LogP contribution in [-0.4, -0.2) is 29.2 Å². The summed E-state index contributed by atoms with van der Waals surface area (Å²) in [6.45, 7) is 1.99. The molecule has 1 aliphatic carbocycles. The number of halogens is 1. The van der Waals surface area contributed by atoms with E-state index in [4.69, 9.17) is 0 Å². The van der Waals surface area contributed by atoms with Gasteiger partial charge in [-0.05, 0) is 38.0 Å². The summed E-state index contributed by atoms with van der Waals surface area (Å²) in [6.07, 6.45) is 5.92. The molecular formula is C11H18BrNO. The monoisotopic (exact) mass is 259 g/mol. The Labute approximate surface area is 94.2 Å². The number of likely N-dealkylation sites (tertiary alicyclic amines) is 1. The second-order valence-corrected chi connectivity index (χ2v) is 5.20. The van der Waals surface area contributed by atoms with Gasteiger partial charge in [-0.2, -0.15) is 0 Å². The molecule has 1 heterocycles. The maximum atomic E-state index is 11.8. The van der Waals surface area contributed by atoms with Gasteiger partial charge in [-0.25, -0.2) is 0 Å². The SMILES string of the molecule is O=C(C1CC1)N1CCCC(CBr)CC1. The molecule has 3 heteroatoms. The van der Waals surface area contributed by atoms with Crippen molar-refractivity contribution in [2.45, 2.75) is 32.1 Å². The predicted octanol–water partition coefficient (Wildman–Crippen LogP) is 2.42. The fourth-order valence-electron chi connectivity index (χ4n) is 2.13. The third-order valence-corrected chi connectivity index (χ3v) is 4.22. The zero-order chi connectivity index (χ0) is 9.97. The van der Waals surface area contributed by atoms with Crippen LogP contribution in [0.3, 0.4) is 0 Å². The molecule has 1 amide bonds. The molecule has 0 aromatic heterocycles. The van der Waals surface area contributed by atoms with Gasteiger partial charge in [0.2, 0.25) is 5.91 Å². The average molecular weight is 260 g/mol. The van der Waals surface area contributed by atoms with Gasteiger partial charge in [-0.1, -0.05) is 15.9 Å². The van der Waals surface area contributed by atoms with E-state index in [2.05, 4.69) is 20.8 Å². The first-order chi connectivity index (χ1) is 6.81. The second-order valence-electron chi connectivity index (χ2n) is 4.55. The van der Waals surface area contributed by atoms with E-state index in [0.717, 1.165) is 37.2 Å². The Morgan fingerprint density at radius 2 is 2.00 bits per heavy atom. The molecule has 0 aromatic carbocycles. The number of alkyl halides is 1. The lowest BCUT2D eigenvalue weighted by atomic mass is 10.0. The molecule has 0 spiro atoms. The number of nitrogens with zero attached hydrogens (tertiary/aromatic N) is 1. The van der Waals surface area contributed by atoms with Crippen LogP contribution in [-0.2, 0) is 4.79 Å². The van der Waals surface area contributed by atoms with Crippen LogP contribution in [0, 0.1) is 11.8 Å². The van der Waals surface area contributed by atoms with E-state index in [9.17, 15) is 4.79 Å². The third kappa shape index (κ3) is 2.50. The molecule has 1 unspecified atom stereocenters. The van der Waals surface area contributed by atoms with Crippen LogP contribution in [0.15, 0.2) is 0 Å². The highest BCUT2D eigenvalue weighted by Crippen LogP contribution is 2.32. The van der Waals surface area contributed by atoms with Crippen LogP contribution in [0.2, 0.25) is 0 Å². The maximum absolute atomic E-state index is 11.8. The highest BCUT2D eigenvalue weighted by Gasteiger charge is 2.33. The zero-order valence-electron chi connectivity index (χ0n) is 8.54. The van der Waals surface area contributed by atoms with Crippen LogP contribution < -0.4 is 0 Å². The molecular weight excluding hydrogens is 242 g/mol. The molecule has 0 N–H and O–H groups in total. The fraction of sp³-hybridized carbons (Fsp3) is 0.909. The zero-order valence-corrected chi connectivity index (χ0v) is 10.1. The van der Waals surface area contributed by atoms with Gasteiger partial charge in [0.25, 0.3) is 0 Å². The quantitative estimate of drug-likeness (QED) is 0.698. The lowest BCUT2D eigenvalue weighted by molar-refractivity contribution is -0.132. The topological polar surface area (TPSA) is 20.3 Å². The lowest BCUT2D eigenvalue weighted by Gasteiger charge is -2.20. The summed E-state index contributed by atoms with van der Waals surface area (Å²) in [5.41, 5.74) is 0. The minimum atomic E-state index is 0.399. The van der Waals surface area contributed by atoms with Crippen LogP contribution in [0.5, 0.6) is 0 Å². The van der Waals surface area contributed by atoms with Gasteiger partial charge in [0.05, 0.1) is 0 Å². The van der Waals surface area contributed by atoms with E-state index in [0.29, 0.717) is 11.8 Å². The van der Waals surface area contributed by atoms with E-state index < -0.39 is 0 Å². The number of rotatable bonds is 2. The Morgan fingerprint density at radius 3 is 2.64 bits per heavy atom. The Balaban J connectivity index is 1.84. The first kappa shape index (κ1) is 10.5. The van der Waals surface area contributed by atoms with Gasteiger partial charge in [0.15, 0.2) is 0 Å². The fourth-order valence-corrected chi connectivity index (χ4v) is 2.78. The number of hydrogen-bond acceptors (Lipinski definition) is 1. The molecule has 1 saturated heterocycles. The van der Waals surface area contributed by atoms with E-state index in [-0.39, 0.29) is 0 Å². The molecule has 0 bridgehead atoms. The van der Waals surface area contributed by atoms with Gasteiger partial charge in [-0.3, -0.25) is 4.79 Å². The Kier molecular flexibility index (Phi) is 3.47. The highest BCUT2D eigenvalue weighted by molar-refractivity contribution is 9.09. The molecule has 1 saturated carbocycles. The van der Waals surface area contributed by atoms with Gasteiger partial charge in [0, 0.05) is 24.3 Å². The van der Waals surface area contributed by atoms with E-state index >= 15 is 0 Å². The summed E-state index contributed by atoms with van der Waals surface area (Å²) in [7, 11) is 0. The molecule has 0 radical (unpaired) electrons. The van der Waals surface area contributed by atoms with Crippen molar-refractivity contribution in [3.63, 3.8) is 0 Å². The van der Waals surface area contributed by atoms with Crippen LogP contribution in [0.25, 0.3) is 0 Å². The van der Waals surface area contributed by atoms with Gasteiger partial charge < -0.3 is 4.90 Å². The summed E-state index contributed by atoms with van der Waals surface area (Å²) in [6, 6.07) is 0. The number of hydrogen-bond donors (Lipinski definition) is 0. The van der Waals surface area contributed by atoms with E-state index in [1.807, 2.05) is 0 Å². The summed E-state index contributed by atoms with van der Waals surface area (Å²) in [4.78, 5) is 13.9. The molecule has 2 nitrogen and oxygen atoms in total.